The molecule has 2 aromatic heterocycles. The van der Waals surface area contributed by atoms with Crippen molar-refractivity contribution in [3.8, 4) is 0 Å². The first-order valence-electron chi connectivity index (χ1n) is 11.1. The molecule has 4 rings (SSSR count). The zero-order chi connectivity index (χ0) is 23.5. The molecule has 7 nitrogen and oxygen atoms in total. The number of carbonyl (C=O) groups excluding carboxylic acids is 1. The Labute approximate surface area is 195 Å². The molecule has 33 heavy (non-hydrogen) atoms. The van der Waals surface area contributed by atoms with E-state index in [0.717, 1.165) is 24.5 Å². The van der Waals surface area contributed by atoms with Crippen molar-refractivity contribution in [2.45, 2.75) is 33.7 Å². The van der Waals surface area contributed by atoms with Gasteiger partial charge in [0.2, 0.25) is 0 Å². The van der Waals surface area contributed by atoms with Crippen LogP contribution in [0.1, 0.15) is 45.1 Å². The SMILES string of the molecule is CCOC(=O)C1=C(C)N=c2sc(=Cc3ccc(N(CC)CC)o3)c(=O)n2[C@@H]1c1ccccc1. The first kappa shape index (κ1) is 22.8. The third kappa shape index (κ3) is 4.30. The third-order valence-electron chi connectivity index (χ3n) is 5.59. The van der Waals surface area contributed by atoms with Crippen molar-refractivity contribution >= 4 is 29.3 Å². The lowest BCUT2D eigenvalue weighted by Crippen LogP contribution is -2.39. The predicted molar refractivity (Wildman–Crippen MR) is 129 cm³/mol. The van der Waals surface area contributed by atoms with E-state index >= 15 is 0 Å². The lowest BCUT2D eigenvalue weighted by molar-refractivity contribution is -0.139. The number of thiazole rings is 1. The Morgan fingerprint density at radius 1 is 1.18 bits per heavy atom. The van der Waals surface area contributed by atoms with Crippen LogP contribution in [-0.4, -0.2) is 30.2 Å². The largest absolute Gasteiger partial charge is 0.463 e. The Hall–Kier alpha value is -3.39. The lowest BCUT2D eigenvalue weighted by atomic mass is 9.96. The standard InChI is InChI=1S/C25H27N3O4S/c1-5-27(6-2)20-14-13-18(32-20)15-19-23(29)28-22(17-11-9-8-10-12-17)21(24(30)31-7-3)16(4)26-25(28)33-19/h8-15,22H,5-7H2,1-4H3/t22-/m1/s1. The van der Waals surface area contributed by atoms with E-state index in [4.69, 9.17) is 9.15 Å². The van der Waals surface area contributed by atoms with Crippen LogP contribution in [0.25, 0.3) is 6.08 Å². The predicted octanol–water partition coefficient (Wildman–Crippen LogP) is 3.24. The van der Waals surface area contributed by atoms with Gasteiger partial charge in [-0.15, -0.1) is 0 Å². The van der Waals surface area contributed by atoms with Gasteiger partial charge in [0.1, 0.15) is 5.76 Å². The Morgan fingerprint density at radius 3 is 2.58 bits per heavy atom. The minimum atomic E-state index is -0.605. The van der Waals surface area contributed by atoms with Gasteiger partial charge in [0, 0.05) is 25.2 Å². The van der Waals surface area contributed by atoms with E-state index in [-0.39, 0.29) is 12.2 Å². The molecule has 3 aromatic rings. The number of anilines is 1. The molecule has 0 aliphatic carbocycles. The van der Waals surface area contributed by atoms with Gasteiger partial charge >= 0.3 is 5.97 Å². The van der Waals surface area contributed by atoms with Crippen LogP contribution < -0.4 is 19.8 Å². The summed E-state index contributed by atoms with van der Waals surface area (Å²) in [7, 11) is 0. The maximum Gasteiger partial charge on any atom is 0.338 e. The fourth-order valence-corrected chi connectivity index (χ4v) is 5.02. The van der Waals surface area contributed by atoms with Gasteiger partial charge in [0.25, 0.3) is 5.56 Å². The molecule has 0 radical (unpaired) electrons. The van der Waals surface area contributed by atoms with Crippen LogP contribution in [0, 0.1) is 0 Å². The summed E-state index contributed by atoms with van der Waals surface area (Å²) < 4.78 is 13.3. The highest BCUT2D eigenvalue weighted by atomic mass is 32.1. The van der Waals surface area contributed by atoms with Crippen molar-refractivity contribution in [2.75, 3.05) is 24.6 Å². The molecule has 1 atom stereocenters. The molecule has 0 saturated heterocycles. The molecule has 1 aromatic carbocycles. The second-order valence-corrected chi connectivity index (χ2v) is 8.57. The monoisotopic (exact) mass is 465 g/mol. The molecule has 0 N–H and O–H groups in total. The Morgan fingerprint density at radius 2 is 1.91 bits per heavy atom. The molecule has 3 heterocycles. The van der Waals surface area contributed by atoms with Crippen LogP contribution in [0.4, 0.5) is 5.88 Å². The summed E-state index contributed by atoms with van der Waals surface area (Å²) in [5.41, 5.74) is 1.53. The van der Waals surface area contributed by atoms with Crippen molar-refractivity contribution in [1.29, 1.82) is 0 Å². The maximum atomic E-state index is 13.5. The minimum Gasteiger partial charge on any atom is -0.463 e. The molecule has 1 aliphatic heterocycles. The quantitative estimate of drug-likeness (QED) is 0.501. The summed E-state index contributed by atoms with van der Waals surface area (Å²) in [6.07, 6.45) is 1.74. The molecular weight excluding hydrogens is 438 g/mol. The van der Waals surface area contributed by atoms with Crippen LogP contribution in [0.3, 0.4) is 0 Å². The number of furan rings is 1. The van der Waals surface area contributed by atoms with Gasteiger partial charge in [0.05, 0.1) is 28.5 Å². The number of hydrogen-bond donors (Lipinski definition) is 0. The zero-order valence-electron chi connectivity index (χ0n) is 19.2. The highest BCUT2D eigenvalue weighted by Gasteiger charge is 2.33. The van der Waals surface area contributed by atoms with E-state index in [0.29, 0.717) is 26.4 Å². The fraction of sp³-hybridized carbons (Fsp3) is 0.320. The van der Waals surface area contributed by atoms with Crippen LogP contribution in [0.15, 0.2) is 67.9 Å². The zero-order valence-corrected chi connectivity index (χ0v) is 20.0. The Balaban J connectivity index is 1.87. The molecule has 1 aliphatic rings. The van der Waals surface area contributed by atoms with Gasteiger partial charge in [0.15, 0.2) is 10.7 Å². The molecule has 0 saturated carbocycles. The van der Waals surface area contributed by atoms with E-state index in [9.17, 15) is 9.59 Å². The fourth-order valence-electron chi connectivity index (χ4n) is 4.00. The van der Waals surface area contributed by atoms with Crippen LogP contribution >= 0.6 is 11.3 Å². The van der Waals surface area contributed by atoms with E-state index < -0.39 is 12.0 Å². The van der Waals surface area contributed by atoms with Crippen molar-refractivity contribution in [2.24, 2.45) is 4.99 Å². The number of hydrogen-bond acceptors (Lipinski definition) is 7. The molecule has 8 heteroatoms. The van der Waals surface area contributed by atoms with Crippen molar-refractivity contribution in [3.05, 3.63) is 84.7 Å². The van der Waals surface area contributed by atoms with Crippen molar-refractivity contribution in [3.63, 3.8) is 0 Å². The van der Waals surface area contributed by atoms with Gasteiger partial charge in [-0.1, -0.05) is 41.7 Å². The van der Waals surface area contributed by atoms with Crippen LogP contribution in [0.5, 0.6) is 0 Å². The first-order valence-corrected chi connectivity index (χ1v) is 11.9. The van der Waals surface area contributed by atoms with Crippen LogP contribution in [-0.2, 0) is 9.53 Å². The smallest absolute Gasteiger partial charge is 0.338 e. The van der Waals surface area contributed by atoms with Crippen molar-refractivity contribution < 1.29 is 13.9 Å². The number of rotatable bonds is 7. The molecule has 0 unspecified atom stereocenters. The maximum absolute atomic E-state index is 13.5. The van der Waals surface area contributed by atoms with Gasteiger partial charge < -0.3 is 14.1 Å². The van der Waals surface area contributed by atoms with Gasteiger partial charge in [-0.3, -0.25) is 9.36 Å². The number of ether oxygens (including phenoxy) is 1. The number of allylic oxidation sites excluding steroid dienone is 1. The number of benzene rings is 1. The van der Waals surface area contributed by atoms with E-state index in [1.54, 1.807) is 24.5 Å². The first-order chi connectivity index (χ1) is 16.0. The summed E-state index contributed by atoms with van der Waals surface area (Å²) in [5.74, 6) is 0.901. The normalized spacial score (nSPS) is 15.9. The number of fused-ring (bicyclic) bond motifs is 1. The molecule has 0 spiro atoms. The number of esters is 1. The summed E-state index contributed by atoms with van der Waals surface area (Å²) in [6.45, 7) is 9.58. The van der Waals surface area contributed by atoms with Crippen molar-refractivity contribution in [1.82, 2.24) is 4.57 Å². The Kier molecular flexibility index (Phi) is 6.65. The van der Waals surface area contributed by atoms with Crippen LogP contribution in [0.2, 0.25) is 0 Å². The third-order valence-corrected chi connectivity index (χ3v) is 6.58. The molecule has 0 fully saturated rings. The highest BCUT2D eigenvalue weighted by molar-refractivity contribution is 7.07. The Bertz CT molecular complexity index is 1360. The average molecular weight is 466 g/mol. The second-order valence-electron chi connectivity index (χ2n) is 7.56. The lowest BCUT2D eigenvalue weighted by Gasteiger charge is -2.24. The van der Waals surface area contributed by atoms with E-state index in [1.165, 1.54) is 11.3 Å². The minimum absolute atomic E-state index is 0.220. The molecule has 0 bridgehead atoms. The number of aromatic nitrogens is 1. The van der Waals surface area contributed by atoms with Gasteiger partial charge in [-0.25, -0.2) is 9.79 Å². The van der Waals surface area contributed by atoms with E-state index in [1.807, 2.05) is 42.5 Å². The second kappa shape index (κ2) is 9.62. The molecular formula is C25H27N3O4S. The number of carbonyl (C=O) groups is 1. The topological polar surface area (TPSA) is 77.0 Å². The number of nitrogens with zero attached hydrogens (tertiary/aromatic N) is 3. The molecule has 0 amide bonds. The summed E-state index contributed by atoms with van der Waals surface area (Å²) in [6, 6.07) is 12.7. The summed E-state index contributed by atoms with van der Waals surface area (Å²) in [4.78, 5) is 33.6. The summed E-state index contributed by atoms with van der Waals surface area (Å²) >= 11 is 1.28. The van der Waals surface area contributed by atoms with Gasteiger partial charge in [-0.05, 0) is 39.3 Å². The van der Waals surface area contributed by atoms with E-state index in [2.05, 4.69) is 23.7 Å². The molecule has 172 valence electrons. The van der Waals surface area contributed by atoms with Gasteiger partial charge in [-0.2, -0.15) is 0 Å². The highest BCUT2D eigenvalue weighted by Crippen LogP contribution is 2.30. The average Bonchev–Trinajstić information content (AvgIpc) is 3.39. The summed E-state index contributed by atoms with van der Waals surface area (Å²) in [5, 5.41) is 0.